The number of rotatable bonds is 4. The number of nitrogens with one attached hydrogen (secondary N) is 1. The van der Waals surface area contributed by atoms with Gasteiger partial charge in [0.1, 0.15) is 17.2 Å². The number of halogens is 6. The van der Waals surface area contributed by atoms with Crippen LogP contribution in [0.5, 0.6) is 5.75 Å². The number of thiol groups is 1. The molecule has 0 heterocycles. The Balaban J connectivity index is 0.000000725. The Morgan fingerprint density at radius 1 is 1.14 bits per heavy atom. The minimum absolute atomic E-state index is 0.0192. The number of aromatic hydroxyl groups is 1. The molecule has 1 unspecified atom stereocenters. The van der Waals surface area contributed by atoms with Crippen molar-refractivity contribution in [2.75, 3.05) is 13.4 Å². The SMILES string of the molecule is CC(N)=O.CF.CS.O=C(N[C@H](c1cc(O)cc(Cl)c1F)C12CCC(F)(CC1)C2)C1CCC(F)(F)C1. The number of phenols is 1. The number of alkyl halides is 4. The zero-order valence-corrected chi connectivity index (χ0v) is 22.2. The highest BCUT2D eigenvalue weighted by Gasteiger charge is 2.59. The molecular formula is C24H34ClF5N2O3S. The van der Waals surface area contributed by atoms with Gasteiger partial charge in [0.2, 0.25) is 17.7 Å². The summed E-state index contributed by atoms with van der Waals surface area (Å²) in [5.41, 5.74) is 2.39. The number of hydrogen-bond acceptors (Lipinski definition) is 4. The first-order valence-electron chi connectivity index (χ1n) is 11.4. The number of primary amides is 1. The number of phenolic OH excluding ortho intramolecular Hbond substituents is 1. The summed E-state index contributed by atoms with van der Waals surface area (Å²) in [6.07, 6.45) is 2.52. The van der Waals surface area contributed by atoms with E-state index in [1.807, 2.05) is 0 Å². The number of carbonyl (C=O) groups is 2. The Morgan fingerprint density at radius 2 is 1.67 bits per heavy atom. The Hall–Kier alpha value is -1.75. The molecule has 2 bridgehead atoms. The van der Waals surface area contributed by atoms with E-state index in [0.29, 0.717) is 32.9 Å². The van der Waals surface area contributed by atoms with E-state index in [-0.39, 0.29) is 41.5 Å². The molecule has 36 heavy (non-hydrogen) atoms. The number of benzene rings is 1. The Bertz CT molecular complexity index is 910. The standard InChI is InChI=1S/C20H22ClF4NO2.C2H5NO.CH3F.CH4S/c21-14-8-12(27)7-13(15(14)22)16(18-3-5-19(23,10-18)6-4-18)26-17(28)11-1-2-20(24,25)9-11;1-2(3)4;2*1-2/h7-8,11,16,27H,1-6,9-10H2,(H,26,28);1H3,(H2,3,4);1H3;2H,1H3/t11?,16-,18?,19?;;;/m1.../s1. The summed E-state index contributed by atoms with van der Waals surface area (Å²) in [5, 5.41) is 12.3. The highest BCUT2D eigenvalue weighted by molar-refractivity contribution is 7.79. The average Bonchev–Trinajstić information content (AvgIpc) is 3.47. The van der Waals surface area contributed by atoms with E-state index in [9.17, 15) is 36.6 Å². The maximum Gasteiger partial charge on any atom is 0.248 e. The van der Waals surface area contributed by atoms with Crippen LogP contribution in [0.1, 0.15) is 69.9 Å². The van der Waals surface area contributed by atoms with Gasteiger partial charge in [0.25, 0.3) is 0 Å². The van der Waals surface area contributed by atoms with Crippen molar-refractivity contribution in [3.8, 4) is 5.75 Å². The molecule has 4 rings (SSSR count). The quantitative estimate of drug-likeness (QED) is 0.266. The van der Waals surface area contributed by atoms with Gasteiger partial charge in [0.15, 0.2) is 0 Å². The van der Waals surface area contributed by atoms with Crippen molar-refractivity contribution in [1.29, 1.82) is 0 Å². The van der Waals surface area contributed by atoms with Gasteiger partial charge in [-0.2, -0.15) is 12.6 Å². The Kier molecular flexibility index (Phi) is 11.8. The van der Waals surface area contributed by atoms with Gasteiger partial charge in [-0.3, -0.25) is 14.0 Å². The molecule has 3 aliphatic rings. The van der Waals surface area contributed by atoms with Crippen LogP contribution in [0.15, 0.2) is 12.1 Å². The Morgan fingerprint density at radius 3 is 2.08 bits per heavy atom. The zero-order valence-electron chi connectivity index (χ0n) is 20.5. The normalized spacial score (nSPS) is 27.9. The maximum atomic E-state index is 14.8. The molecular weight excluding hydrogens is 527 g/mol. The second kappa shape index (κ2) is 13.2. The number of amides is 2. The number of fused-ring (bicyclic) bond motifs is 2. The molecule has 1 aromatic carbocycles. The van der Waals surface area contributed by atoms with Crippen molar-refractivity contribution >= 4 is 36.0 Å². The summed E-state index contributed by atoms with van der Waals surface area (Å²) in [6, 6.07) is 1.30. The highest BCUT2D eigenvalue weighted by atomic mass is 35.5. The van der Waals surface area contributed by atoms with Crippen molar-refractivity contribution in [3.05, 3.63) is 28.5 Å². The third-order valence-electron chi connectivity index (χ3n) is 6.84. The van der Waals surface area contributed by atoms with E-state index >= 15 is 0 Å². The van der Waals surface area contributed by atoms with Gasteiger partial charge in [0, 0.05) is 37.3 Å². The first kappa shape index (κ1) is 32.3. The van der Waals surface area contributed by atoms with Crippen molar-refractivity contribution < 1.29 is 36.6 Å². The van der Waals surface area contributed by atoms with Crippen LogP contribution < -0.4 is 11.1 Å². The summed E-state index contributed by atoms with van der Waals surface area (Å²) in [5.74, 6) is -5.74. The van der Waals surface area contributed by atoms with Crippen molar-refractivity contribution in [1.82, 2.24) is 5.32 Å². The molecule has 3 saturated carbocycles. The Labute approximate surface area is 218 Å². The smallest absolute Gasteiger partial charge is 0.248 e. The first-order valence-corrected chi connectivity index (χ1v) is 12.7. The molecule has 0 spiro atoms. The predicted molar refractivity (Wildman–Crippen MR) is 132 cm³/mol. The fraction of sp³-hybridized carbons (Fsp3) is 0.667. The molecule has 2 atom stereocenters. The van der Waals surface area contributed by atoms with Crippen LogP contribution in [-0.4, -0.2) is 41.9 Å². The van der Waals surface area contributed by atoms with Gasteiger partial charge >= 0.3 is 0 Å². The average molecular weight is 561 g/mol. The van der Waals surface area contributed by atoms with E-state index < -0.39 is 47.1 Å². The monoisotopic (exact) mass is 560 g/mol. The topological polar surface area (TPSA) is 92.4 Å². The summed E-state index contributed by atoms with van der Waals surface area (Å²) < 4.78 is 66.3. The lowest BCUT2D eigenvalue weighted by atomic mass is 9.74. The van der Waals surface area contributed by atoms with Crippen molar-refractivity contribution in [3.63, 3.8) is 0 Å². The van der Waals surface area contributed by atoms with Crippen LogP contribution in [0, 0.1) is 17.2 Å². The molecule has 206 valence electrons. The molecule has 0 aliphatic heterocycles. The molecule has 3 fully saturated rings. The van der Waals surface area contributed by atoms with E-state index in [0.717, 1.165) is 6.07 Å². The molecule has 4 N–H and O–H groups in total. The fourth-order valence-electron chi connectivity index (χ4n) is 5.37. The van der Waals surface area contributed by atoms with Gasteiger partial charge in [-0.05, 0) is 56.3 Å². The molecule has 3 aliphatic carbocycles. The second-order valence-corrected chi connectivity index (χ2v) is 9.78. The number of hydrogen-bond donors (Lipinski definition) is 4. The lowest BCUT2D eigenvalue weighted by Gasteiger charge is -2.37. The summed E-state index contributed by atoms with van der Waals surface area (Å²) in [7, 11) is 0.500. The molecule has 1 aromatic rings. The predicted octanol–water partition coefficient (Wildman–Crippen LogP) is 6.07. The summed E-state index contributed by atoms with van der Waals surface area (Å²) in [6.45, 7) is 1.31. The molecule has 12 heteroatoms. The number of carbonyl (C=O) groups excluding carboxylic acids is 2. The van der Waals surface area contributed by atoms with Crippen LogP contribution in [0.4, 0.5) is 22.0 Å². The van der Waals surface area contributed by atoms with E-state index in [1.165, 1.54) is 13.0 Å². The first-order chi connectivity index (χ1) is 16.8. The van der Waals surface area contributed by atoms with E-state index in [1.54, 1.807) is 6.26 Å². The lowest BCUT2D eigenvalue weighted by Crippen LogP contribution is -2.42. The maximum absolute atomic E-state index is 14.8. The minimum Gasteiger partial charge on any atom is -0.508 e. The summed E-state index contributed by atoms with van der Waals surface area (Å²) in [4.78, 5) is 22.0. The largest absolute Gasteiger partial charge is 0.508 e. The second-order valence-electron chi connectivity index (χ2n) is 9.37. The van der Waals surface area contributed by atoms with E-state index in [4.69, 9.17) is 11.6 Å². The third kappa shape index (κ3) is 7.87. The van der Waals surface area contributed by atoms with Gasteiger partial charge < -0.3 is 16.2 Å². The van der Waals surface area contributed by atoms with Gasteiger partial charge in [-0.15, -0.1) is 0 Å². The number of nitrogens with two attached hydrogens (primary N) is 1. The van der Waals surface area contributed by atoms with E-state index in [2.05, 4.69) is 23.7 Å². The van der Waals surface area contributed by atoms with Crippen LogP contribution in [0.2, 0.25) is 5.02 Å². The highest BCUT2D eigenvalue weighted by Crippen LogP contribution is 2.63. The van der Waals surface area contributed by atoms with Crippen molar-refractivity contribution in [2.24, 2.45) is 17.1 Å². The van der Waals surface area contributed by atoms with Crippen LogP contribution in [-0.2, 0) is 9.59 Å². The zero-order chi connectivity index (χ0) is 27.9. The molecule has 0 radical (unpaired) electrons. The van der Waals surface area contributed by atoms with Gasteiger partial charge in [-0.1, -0.05) is 11.6 Å². The molecule has 0 saturated heterocycles. The lowest BCUT2D eigenvalue weighted by molar-refractivity contribution is -0.127. The molecule has 2 amide bonds. The van der Waals surface area contributed by atoms with Crippen LogP contribution in [0.3, 0.4) is 0 Å². The molecule has 0 aromatic heterocycles. The van der Waals surface area contributed by atoms with Crippen LogP contribution in [0.25, 0.3) is 0 Å². The fourth-order valence-corrected chi connectivity index (χ4v) is 5.59. The summed E-state index contributed by atoms with van der Waals surface area (Å²) >= 11 is 9.40. The van der Waals surface area contributed by atoms with Gasteiger partial charge in [0.05, 0.1) is 18.2 Å². The third-order valence-corrected chi connectivity index (χ3v) is 7.11. The minimum atomic E-state index is -2.88. The molecule has 5 nitrogen and oxygen atoms in total. The van der Waals surface area contributed by atoms with Gasteiger partial charge in [-0.25, -0.2) is 17.6 Å². The van der Waals surface area contributed by atoms with Crippen molar-refractivity contribution in [2.45, 2.75) is 75.9 Å². The van der Waals surface area contributed by atoms with Crippen LogP contribution >= 0.6 is 24.2 Å².